The maximum atomic E-state index is 9.41. The molecule has 1 N–H and O–H groups in total. The number of rotatable bonds is 0. The fourth-order valence-corrected chi connectivity index (χ4v) is 1.72. The van der Waals surface area contributed by atoms with Crippen molar-refractivity contribution in [2.45, 2.75) is 31.5 Å². The summed E-state index contributed by atoms with van der Waals surface area (Å²) >= 11 is 0. The van der Waals surface area contributed by atoms with Crippen LogP contribution < -0.4 is 0 Å². The minimum Gasteiger partial charge on any atom is -0.390 e. The van der Waals surface area contributed by atoms with Crippen LogP contribution in [0.1, 0.15) is 19.3 Å². The maximum absolute atomic E-state index is 9.41. The monoisotopic (exact) mass is 140 g/mol. The predicted molar refractivity (Wildman–Crippen MR) is 37.7 cm³/mol. The zero-order valence-corrected chi connectivity index (χ0v) is 5.92. The van der Waals surface area contributed by atoms with Crippen molar-refractivity contribution in [2.24, 2.45) is 0 Å². The van der Waals surface area contributed by atoms with Crippen LogP contribution in [0.3, 0.4) is 0 Å². The molecule has 2 atom stereocenters. The van der Waals surface area contributed by atoms with E-state index in [1.54, 1.807) is 0 Å². The highest BCUT2D eigenvalue weighted by molar-refractivity contribution is 5.17. The average Bonchev–Trinajstić information content (AvgIpc) is 2.36. The zero-order valence-electron chi connectivity index (χ0n) is 5.92. The van der Waals surface area contributed by atoms with Crippen LogP contribution in [0.15, 0.2) is 11.6 Å². The summed E-state index contributed by atoms with van der Waals surface area (Å²) in [7, 11) is 0. The summed E-state index contributed by atoms with van der Waals surface area (Å²) in [5, 5.41) is 9.41. The lowest BCUT2D eigenvalue weighted by atomic mass is 9.94. The Morgan fingerprint density at radius 2 is 2.50 bits per heavy atom. The van der Waals surface area contributed by atoms with Gasteiger partial charge in [0.1, 0.15) is 6.10 Å². The summed E-state index contributed by atoms with van der Waals surface area (Å²) < 4.78 is 5.35. The molecule has 1 aliphatic heterocycles. The summed E-state index contributed by atoms with van der Waals surface area (Å²) in [4.78, 5) is 0. The van der Waals surface area contributed by atoms with Crippen molar-refractivity contribution in [3.8, 4) is 0 Å². The Morgan fingerprint density at radius 3 is 3.30 bits per heavy atom. The molecule has 2 aliphatic rings. The van der Waals surface area contributed by atoms with Gasteiger partial charge in [-0.25, -0.2) is 0 Å². The first-order valence-electron chi connectivity index (χ1n) is 3.86. The molecule has 2 nitrogen and oxygen atoms in total. The molecule has 0 bridgehead atoms. The lowest BCUT2D eigenvalue weighted by Crippen LogP contribution is -2.28. The van der Waals surface area contributed by atoms with Crippen molar-refractivity contribution in [3.63, 3.8) is 0 Å². The summed E-state index contributed by atoms with van der Waals surface area (Å²) in [6.45, 7) is 0.799. The SMILES string of the molecule is OC1CCC=C2CCOC21. The molecule has 0 aromatic carbocycles. The van der Waals surface area contributed by atoms with Gasteiger partial charge in [0.25, 0.3) is 0 Å². The molecule has 0 aromatic rings. The molecule has 2 rings (SSSR count). The lowest BCUT2D eigenvalue weighted by Gasteiger charge is -2.22. The maximum Gasteiger partial charge on any atom is 0.104 e. The molecule has 1 aliphatic carbocycles. The molecule has 0 saturated carbocycles. The van der Waals surface area contributed by atoms with E-state index in [0.717, 1.165) is 25.9 Å². The van der Waals surface area contributed by atoms with Crippen LogP contribution in [0, 0.1) is 0 Å². The van der Waals surface area contributed by atoms with Crippen LogP contribution in [0.25, 0.3) is 0 Å². The molecule has 1 saturated heterocycles. The Kier molecular flexibility index (Phi) is 1.51. The van der Waals surface area contributed by atoms with Crippen LogP contribution in [-0.4, -0.2) is 23.9 Å². The van der Waals surface area contributed by atoms with Gasteiger partial charge in [0.2, 0.25) is 0 Å². The van der Waals surface area contributed by atoms with Gasteiger partial charge < -0.3 is 9.84 Å². The van der Waals surface area contributed by atoms with E-state index in [1.165, 1.54) is 5.57 Å². The predicted octanol–water partition coefficient (Wildman–Crippen LogP) is 0.856. The molecule has 0 radical (unpaired) electrons. The van der Waals surface area contributed by atoms with Gasteiger partial charge in [0.05, 0.1) is 12.7 Å². The topological polar surface area (TPSA) is 29.5 Å². The first-order chi connectivity index (χ1) is 4.88. The standard InChI is InChI=1S/C8H12O2/c9-7-3-1-2-6-4-5-10-8(6)7/h2,7-9H,1,3-5H2. The Morgan fingerprint density at radius 1 is 1.60 bits per heavy atom. The number of fused-ring (bicyclic) bond motifs is 1. The first-order valence-corrected chi connectivity index (χ1v) is 3.86. The third-order valence-corrected chi connectivity index (χ3v) is 2.27. The number of aliphatic hydroxyl groups excluding tert-OH is 1. The smallest absolute Gasteiger partial charge is 0.104 e. The number of hydrogen-bond donors (Lipinski definition) is 1. The molecule has 0 aromatic heterocycles. The highest BCUT2D eigenvalue weighted by Gasteiger charge is 2.30. The second-order valence-corrected chi connectivity index (χ2v) is 2.97. The number of ether oxygens (including phenoxy) is 1. The molecule has 1 fully saturated rings. The van der Waals surface area contributed by atoms with E-state index in [0.29, 0.717) is 0 Å². The average molecular weight is 140 g/mol. The van der Waals surface area contributed by atoms with Crippen molar-refractivity contribution in [3.05, 3.63) is 11.6 Å². The largest absolute Gasteiger partial charge is 0.390 e. The minimum absolute atomic E-state index is 0.0498. The molecule has 10 heavy (non-hydrogen) atoms. The van der Waals surface area contributed by atoms with Crippen molar-refractivity contribution < 1.29 is 9.84 Å². The lowest BCUT2D eigenvalue weighted by molar-refractivity contribution is 0.00511. The summed E-state index contributed by atoms with van der Waals surface area (Å²) in [6.07, 6.45) is 4.95. The Labute approximate surface area is 60.5 Å². The second-order valence-electron chi connectivity index (χ2n) is 2.97. The van der Waals surface area contributed by atoms with Gasteiger partial charge in [-0.05, 0) is 24.8 Å². The normalized spacial score (nSPS) is 39.1. The summed E-state index contributed by atoms with van der Waals surface area (Å²) in [6, 6.07) is 0. The third kappa shape index (κ3) is 0.879. The Hall–Kier alpha value is -0.340. The minimum atomic E-state index is -0.234. The summed E-state index contributed by atoms with van der Waals surface area (Å²) in [5.41, 5.74) is 1.32. The van der Waals surface area contributed by atoms with Crippen LogP contribution in [0.5, 0.6) is 0 Å². The van der Waals surface area contributed by atoms with Gasteiger partial charge in [-0.1, -0.05) is 6.08 Å². The van der Waals surface area contributed by atoms with Crippen LogP contribution in [-0.2, 0) is 4.74 Å². The first kappa shape index (κ1) is 6.38. The van der Waals surface area contributed by atoms with Crippen molar-refractivity contribution in [1.29, 1.82) is 0 Å². The van der Waals surface area contributed by atoms with Crippen LogP contribution >= 0.6 is 0 Å². The highest BCUT2D eigenvalue weighted by Crippen LogP contribution is 2.29. The quantitative estimate of drug-likeness (QED) is 0.505. The molecule has 0 amide bonds. The molecule has 56 valence electrons. The Bertz CT molecular complexity index is 163. The number of aliphatic hydroxyl groups is 1. The van der Waals surface area contributed by atoms with E-state index in [2.05, 4.69) is 6.08 Å². The van der Waals surface area contributed by atoms with Crippen molar-refractivity contribution in [2.75, 3.05) is 6.61 Å². The van der Waals surface area contributed by atoms with Gasteiger partial charge >= 0.3 is 0 Å². The molecule has 1 heterocycles. The Balaban J connectivity index is 2.18. The molecular formula is C8H12O2. The van der Waals surface area contributed by atoms with Crippen LogP contribution in [0.4, 0.5) is 0 Å². The van der Waals surface area contributed by atoms with Gasteiger partial charge in [-0.15, -0.1) is 0 Å². The van der Waals surface area contributed by atoms with Crippen molar-refractivity contribution >= 4 is 0 Å². The van der Waals surface area contributed by atoms with Gasteiger partial charge in [-0.3, -0.25) is 0 Å². The highest BCUT2D eigenvalue weighted by atomic mass is 16.5. The molecule has 0 spiro atoms. The fourth-order valence-electron chi connectivity index (χ4n) is 1.72. The van der Waals surface area contributed by atoms with Gasteiger partial charge in [0.15, 0.2) is 0 Å². The van der Waals surface area contributed by atoms with Crippen molar-refractivity contribution in [1.82, 2.24) is 0 Å². The van der Waals surface area contributed by atoms with Crippen LogP contribution in [0.2, 0.25) is 0 Å². The molecular weight excluding hydrogens is 128 g/mol. The zero-order chi connectivity index (χ0) is 6.97. The molecule has 2 heteroatoms. The second kappa shape index (κ2) is 2.36. The van der Waals surface area contributed by atoms with E-state index in [4.69, 9.17) is 4.74 Å². The van der Waals surface area contributed by atoms with E-state index in [1.807, 2.05) is 0 Å². The van der Waals surface area contributed by atoms with E-state index in [-0.39, 0.29) is 12.2 Å². The van der Waals surface area contributed by atoms with E-state index < -0.39 is 0 Å². The van der Waals surface area contributed by atoms with Gasteiger partial charge in [-0.2, -0.15) is 0 Å². The van der Waals surface area contributed by atoms with E-state index >= 15 is 0 Å². The third-order valence-electron chi connectivity index (χ3n) is 2.27. The number of hydrogen-bond acceptors (Lipinski definition) is 2. The summed E-state index contributed by atoms with van der Waals surface area (Å²) in [5.74, 6) is 0. The van der Waals surface area contributed by atoms with Gasteiger partial charge in [0, 0.05) is 0 Å². The number of allylic oxidation sites excluding steroid dienone is 1. The van der Waals surface area contributed by atoms with E-state index in [9.17, 15) is 5.11 Å². The fraction of sp³-hybridized carbons (Fsp3) is 0.750. The molecule has 2 unspecified atom stereocenters.